The lowest BCUT2D eigenvalue weighted by molar-refractivity contribution is -0.134. The fourth-order valence-electron chi connectivity index (χ4n) is 2.45. The summed E-state index contributed by atoms with van der Waals surface area (Å²) in [4.78, 5) is 34.6. The first kappa shape index (κ1) is 18.7. The summed E-state index contributed by atoms with van der Waals surface area (Å²) in [5.41, 5.74) is 5.82. The molecule has 25 heavy (non-hydrogen) atoms. The van der Waals surface area contributed by atoms with E-state index in [-0.39, 0.29) is 17.1 Å². The van der Waals surface area contributed by atoms with Crippen LogP contribution in [0.3, 0.4) is 0 Å². The van der Waals surface area contributed by atoms with Gasteiger partial charge in [0.25, 0.3) is 0 Å². The van der Waals surface area contributed by atoms with Crippen molar-refractivity contribution in [2.24, 2.45) is 5.73 Å². The maximum atomic E-state index is 12.1. The van der Waals surface area contributed by atoms with E-state index < -0.39 is 17.6 Å². The molecule has 2 N–H and O–H groups in total. The maximum absolute atomic E-state index is 12.1. The van der Waals surface area contributed by atoms with Crippen LogP contribution in [0.25, 0.3) is 11.0 Å². The third kappa shape index (κ3) is 5.15. The van der Waals surface area contributed by atoms with E-state index >= 15 is 0 Å². The molecular formula is C18H21NO6. The molecule has 0 amide bonds. The highest BCUT2D eigenvalue weighted by atomic mass is 16.6. The van der Waals surface area contributed by atoms with Crippen LogP contribution < -0.4 is 20.8 Å². The fraction of sp³-hybridized carbons (Fsp3) is 0.389. The molecule has 0 fully saturated rings. The second-order valence-corrected chi connectivity index (χ2v) is 5.68. The molecule has 0 bridgehead atoms. The van der Waals surface area contributed by atoms with Crippen molar-refractivity contribution in [3.05, 3.63) is 34.2 Å². The van der Waals surface area contributed by atoms with E-state index in [0.29, 0.717) is 23.9 Å². The summed E-state index contributed by atoms with van der Waals surface area (Å²) in [5, 5.41) is 0.584. The van der Waals surface area contributed by atoms with Crippen LogP contribution >= 0.6 is 0 Å². The van der Waals surface area contributed by atoms with Crippen LogP contribution in [0, 0.1) is 0 Å². The zero-order valence-electron chi connectivity index (χ0n) is 14.3. The molecule has 0 atom stereocenters. The van der Waals surface area contributed by atoms with E-state index in [1.165, 1.54) is 26.0 Å². The van der Waals surface area contributed by atoms with Gasteiger partial charge in [-0.2, -0.15) is 0 Å². The summed E-state index contributed by atoms with van der Waals surface area (Å²) in [7, 11) is 0. The number of benzene rings is 1. The molecule has 7 heteroatoms. The van der Waals surface area contributed by atoms with Gasteiger partial charge in [0.1, 0.15) is 5.58 Å². The van der Waals surface area contributed by atoms with Crippen LogP contribution in [0.4, 0.5) is 0 Å². The molecule has 0 radical (unpaired) electrons. The van der Waals surface area contributed by atoms with Crippen LogP contribution in [0.5, 0.6) is 11.5 Å². The van der Waals surface area contributed by atoms with Gasteiger partial charge in [0.2, 0.25) is 0 Å². The Balaban J connectivity index is 2.40. The van der Waals surface area contributed by atoms with Gasteiger partial charge in [-0.05, 0) is 37.9 Å². The van der Waals surface area contributed by atoms with Gasteiger partial charge >= 0.3 is 17.6 Å². The van der Waals surface area contributed by atoms with Gasteiger partial charge in [-0.1, -0.05) is 6.42 Å². The zero-order chi connectivity index (χ0) is 18.4. The lowest BCUT2D eigenvalue weighted by atomic mass is 10.1. The summed E-state index contributed by atoms with van der Waals surface area (Å²) in [6.07, 6.45) is 3.24. The molecule has 2 rings (SSSR count). The van der Waals surface area contributed by atoms with E-state index in [1.807, 2.05) is 0 Å². The van der Waals surface area contributed by atoms with Crippen molar-refractivity contribution in [1.29, 1.82) is 0 Å². The van der Waals surface area contributed by atoms with Crippen molar-refractivity contribution in [2.75, 3.05) is 6.54 Å². The van der Waals surface area contributed by atoms with E-state index in [0.717, 1.165) is 19.3 Å². The van der Waals surface area contributed by atoms with Crippen LogP contribution in [0.2, 0.25) is 0 Å². The second-order valence-electron chi connectivity index (χ2n) is 5.68. The minimum Gasteiger partial charge on any atom is -0.423 e. The molecule has 0 spiro atoms. The van der Waals surface area contributed by atoms with Gasteiger partial charge in [-0.15, -0.1) is 0 Å². The van der Waals surface area contributed by atoms with Crippen molar-refractivity contribution < 1.29 is 23.5 Å². The van der Waals surface area contributed by atoms with Crippen molar-refractivity contribution in [1.82, 2.24) is 0 Å². The monoisotopic (exact) mass is 347 g/mol. The Morgan fingerprint density at radius 3 is 2.24 bits per heavy atom. The zero-order valence-corrected chi connectivity index (χ0v) is 14.3. The molecule has 1 aromatic carbocycles. The first-order valence-electron chi connectivity index (χ1n) is 8.08. The van der Waals surface area contributed by atoms with Gasteiger partial charge in [0.05, 0.1) is 0 Å². The summed E-state index contributed by atoms with van der Waals surface area (Å²) in [5.74, 6) is -1.01. The standard InChI is InChI=1S/C18H21NO6/c1-11(20)23-16-9-14-8-13(6-4-3-5-7-19)18(22)25-15(14)10-17(16)24-12(2)21/h8-10H,3-7,19H2,1-2H3. The Bertz CT molecular complexity index is 839. The van der Waals surface area contributed by atoms with Gasteiger partial charge < -0.3 is 19.6 Å². The molecule has 0 aliphatic rings. The number of ether oxygens (including phenoxy) is 2. The molecular weight excluding hydrogens is 326 g/mol. The Morgan fingerprint density at radius 1 is 1.00 bits per heavy atom. The average Bonchev–Trinajstić information content (AvgIpc) is 2.52. The van der Waals surface area contributed by atoms with Crippen molar-refractivity contribution in [2.45, 2.75) is 39.5 Å². The van der Waals surface area contributed by atoms with Crippen LogP contribution in [-0.2, 0) is 16.0 Å². The molecule has 1 heterocycles. The predicted molar refractivity (Wildman–Crippen MR) is 91.7 cm³/mol. The molecule has 134 valence electrons. The number of nitrogens with two attached hydrogens (primary N) is 1. The Labute approximate surface area is 144 Å². The molecule has 1 aromatic heterocycles. The number of carbonyl (C=O) groups excluding carboxylic acids is 2. The highest BCUT2D eigenvalue weighted by Gasteiger charge is 2.15. The summed E-state index contributed by atoms with van der Waals surface area (Å²) in [6.45, 7) is 3.09. The number of esters is 2. The van der Waals surface area contributed by atoms with E-state index in [2.05, 4.69) is 0 Å². The Morgan fingerprint density at radius 2 is 1.64 bits per heavy atom. The maximum Gasteiger partial charge on any atom is 0.339 e. The SMILES string of the molecule is CC(=O)Oc1cc2cc(CCCCCN)c(=O)oc2cc1OC(C)=O. The van der Waals surface area contributed by atoms with Crippen LogP contribution in [0.15, 0.2) is 27.4 Å². The molecule has 0 unspecified atom stereocenters. The molecule has 0 saturated heterocycles. The number of hydrogen-bond acceptors (Lipinski definition) is 7. The molecule has 7 nitrogen and oxygen atoms in total. The van der Waals surface area contributed by atoms with Crippen molar-refractivity contribution in [3.63, 3.8) is 0 Å². The number of unbranched alkanes of at least 4 members (excludes halogenated alkanes) is 2. The average molecular weight is 347 g/mol. The Kier molecular flexibility index (Phi) is 6.30. The second kappa shape index (κ2) is 8.43. The number of rotatable bonds is 7. The van der Waals surface area contributed by atoms with E-state index in [9.17, 15) is 14.4 Å². The predicted octanol–water partition coefficient (Wildman–Crippen LogP) is 2.32. The number of hydrogen-bond donors (Lipinski definition) is 1. The minimum absolute atomic E-state index is 0.0223. The molecule has 0 aliphatic heterocycles. The molecule has 0 aliphatic carbocycles. The highest BCUT2D eigenvalue weighted by Crippen LogP contribution is 2.33. The smallest absolute Gasteiger partial charge is 0.339 e. The summed E-state index contributed by atoms with van der Waals surface area (Å²) >= 11 is 0. The van der Waals surface area contributed by atoms with Gasteiger partial charge in [-0.25, -0.2) is 4.79 Å². The third-order valence-electron chi connectivity index (χ3n) is 3.53. The third-order valence-corrected chi connectivity index (χ3v) is 3.53. The van der Waals surface area contributed by atoms with Gasteiger partial charge in [0.15, 0.2) is 11.5 Å². The van der Waals surface area contributed by atoms with Gasteiger partial charge in [0, 0.05) is 30.9 Å². The van der Waals surface area contributed by atoms with Crippen LogP contribution in [-0.4, -0.2) is 18.5 Å². The normalized spacial score (nSPS) is 10.7. The lowest BCUT2D eigenvalue weighted by Gasteiger charge is -2.10. The fourth-order valence-corrected chi connectivity index (χ4v) is 2.45. The quantitative estimate of drug-likeness (QED) is 0.354. The molecule has 2 aromatic rings. The van der Waals surface area contributed by atoms with Crippen molar-refractivity contribution >= 4 is 22.9 Å². The van der Waals surface area contributed by atoms with Crippen LogP contribution in [0.1, 0.15) is 38.7 Å². The molecule has 0 saturated carbocycles. The lowest BCUT2D eigenvalue weighted by Crippen LogP contribution is -2.09. The van der Waals surface area contributed by atoms with Gasteiger partial charge in [-0.3, -0.25) is 9.59 Å². The first-order chi connectivity index (χ1) is 11.9. The minimum atomic E-state index is -0.577. The largest absolute Gasteiger partial charge is 0.423 e. The number of aryl methyl sites for hydroxylation is 1. The van der Waals surface area contributed by atoms with Crippen molar-refractivity contribution in [3.8, 4) is 11.5 Å². The van der Waals surface area contributed by atoms with E-state index in [4.69, 9.17) is 19.6 Å². The number of carbonyl (C=O) groups is 2. The number of fused-ring (bicyclic) bond motifs is 1. The first-order valence-corrected chi connectivity index (χ1v) is 8.08. The summed E-state index contributed by atoms with van der Waals surface area (Å²) < 4.78 is 15.4. The van der Waals surface area contributed by atoms with E-state index in [1.54, 1.807) is 6.07 Å². The summed E-state index contributed by atoms with van der Waals surface area (Å²) in [6, 6.07) is 4.59. The topological polar surface area (TPSA) is 109 Å². The highest BCUT2D eigenvalue weighted by molar-refractivity contribution is 5.84. The Hall–Kier alpha value is -2.67.